The van der Waals surface area contributed by atoms with Gasteiger partial charge in [-0.3, -0.25) is 4.79 Å². The van der Waals surface area contributed by atoms with E-state index in [1.807, 2.05) is 0 Å². The maximum absolute atomic E-state index is 12.1. The molecule has 7 heteroatoms. The number of rotatable bonds is 3. The van der Waals surface area contributed by atoms with Crippen molar-refractivity contribution in [3.05, 3.63) is 24.3 Å². The number of carbonyl (C=O) groups is 1. The first-order chi connectivity index (χ1) is 8.09. The van der Waals surface area contributed by atoms with E-state index in [4.69, 9.17) is 0 Å². The number of halogens is 3. The van der Waals surface area contributed by atoms with E-state index in [-0.39, 0.29) is 5.69 Å². The minimum atomic E-state index is -4.85. The molecule has 100 valence electrons. The Morgan fingerprint density at radius 1 is 1.28 bits per heavy atom. The number of nitrogens with one attached hydrogen (secondary N) is 1. The number of hydrogen-bond acceptors (Lipinski definition) is 3. The third kappa shape index (κ3) is 4.25. The molecule has 0 spiro atoms. The summed E-state index contributed by atoms with van der Waals surface area (Å²) in [6.45, 7) is 2.44. The van der Waals surface area contributed by atoms with Gasteiger partial charge in [0.15, 0.2) is 5.75 Å². The number of benzene rings is 1. The molecule has 0 aromatic heterocycles. The number of alkyl halides is 3. The summed E-state index contributed by atoms with van der Waals surface area (Å²) < 4.78 is 40.1. The highest BCUT2D eigenvalue weighted by molar-refractivity contribution is 5.97. The van der Waals surface area contributed by atoms with Gasteiger partial charge < -0.3 is 15.2 Å². The molecule has 0 radical (unpaired) electrons. The Labute approximate surface area is 101 Å². The molecule has 0 atom stereocenters. The molecule has 1 amide bonds. The van der Waals surface area contributed by atoms with Crippen LogP contribution in [0.4, 0.5) is 18.9 Å². The lowest BCUT2D eigenvalue weighted by atomic mass is 10.1. The molecule has 1 aromatic carbocycles. The summed E-state index contributed by atoms with van der Waals surface area (Å²) in [6.07, 6.45) is -4.85. The molecule has 0 bridgehead atoms. The summed E-state index contributed by atoms with van der Waals surface area (Å²) in [6, 6.07) is 5.07. The molecule has 0 saturated heterocycles. The molecular weight excluding hydrogens is 251 g/mol. The smallest absolute Gasteiger partial charge is 0.404 e. The van der Waals surface area contributed by atoms with Gasteiger partial charge in [0.1, 0.15) is 5.60 Å². The Kier molecular flexibility index (Phi) is 3.85. The largest absolute Gasteiger partial charge is 0.573 e. The van der Waals surface area contributed by atoms with Crippen molar-refractivity contribution >= 4 is 11.6 Å². The fourth-order valence-corrected chi connectivity index (χ4v) is 1.06. The lowest BCUT2D eigenvalue weighted by molar-refractivity contribution is -0.274. The second-order valence-electron chi connectivity index (χ2n) is 4.06. The fourth-order valence-electron chi connectivity index (χ4n) is 1.06. The van der Waals surface area contributed by atoms with Gasteiger partial charge in [-0.15, -0.1) is 13.2 Å². The van der Waals surface area contributed by atoms with E-state index < -0.39 is 23.6 Å². The zero-order valence-electron chi connectivity index (χ0n) is 9.71. The fraction of sp³-hybridized carbons (Fsp3) is 0.364. The van der Waals surface area contributed by atoms with Crippen LogP contribution in [0.5, 0.6) is 5.75 Å². The summed E-state index contributed by atoms with van der Waals surface area (Å²) in [5, 5.41) is 11.6. The monoisotopic (exact) mass is 263 g/mol. The molecule has 0 aliphatic heterocycles. The topological polar surface area (TPSA) is 58.6 Å². The van der Waals surface area contributed by atoms with E-state index in [1.165, 1.54) is 32.0 Å². The molecule has 2 N–H and O–H groups in total. The van der Waals surface area contributed by atoms with Crippen molar-refractivity contribution in [3.63, 3.8) is 0 Å². The number of carbonyl (C=O) groups excluding carboxylic acids is 1. The zero-order chi connectivity index (χ0) is 14.0. The van der Waals surface area contributed by atoms with E-state index in [9.17, 15) is 23.1 Å². The molecule has 0 fully saturated rings. The SMILES string of the molecule is CC(C)(O)C(=O)Nc1ccccc1OC(F)(F)F. The highest BCUT2D eigenvalue weighted by Gasteiger charge is 2.33. The van der Waals surface area contributed by atoms with E-state index >= 15 is 0 Å². The first kappa shape index (κ1) is 14.3. The number of ether oxygens (including phenoxy) is 1. The quantitative estimate of drug-likeness (QED) is 0.879. The van der Waals surface area contributed by atoms with Crippen molar-refractivity contribution in [2.75, 3.05) is 5.32 Å². The predicted molar refractivity (Wildman–Crippen MR) is 58.1 cm³/mol. The van der Waals surface area contributed by atoms with Gasteiger partial charge in [0.05, 0.1) is 5.69 Å². The van der Waals surface area contributed by atoms with Gasteiger partial charge in [-0.05, 0) is 26.0 Å². The van der Waals surface area contributed by atoms with Crippen molar-refractivity contribution in [3.8, 4) is 5.75 Å². The van der Waals surface area contributed by atoms with E-state index in [2.05, 4.69) is 10.1 Å². The van der Waals surface area contributed by atoms with Crippen LogP contribution in [0.25, 0.3) is 0 Å². The number of para-hydroxylation sites is 2. The van der Waals surface area contributed by atoms with Crippen LogP contribution in [0, 0.1) is 0 Å². The zero-order valence-corrected chi connectivity index (χ0v) is 9.71. The second-order valence-corrected chi connectivity index (χ2v) is 4.06. The average Bonchev–Trinajstić information content (AvgIpc) is 2.17. The standard InChI is InChI=1S/C11H12F3NO3/c1-10(2,17)9(16)15-7-5-3-4-6-8(7)18-11(12,13)14/h3-6,17H,1-2H3,(H,15,16). The van der Waals surface area contributed by atoms with Gasteiger partial charge in [0.25, 0.3) is 5.91 Å². The van der Waals surface area contributed by atoms with E-state index in [1.54, 1.807) is 0 Å². The van der Waals surface area contributed by atoms with Crippen LogP contribution in [0.2, 0.25) is 0 Å². The third-order valence-corrected chi connectivity index (χ3v) is 1.92. The summed E-state index contributed by atoms with van der Waals surface area (Å²) in [5.74, 6) is -1.37. The number of anilines is 1. The normalized spacial score (nSPS) is 12.1. The molecule has 18 heavy (non-hydrogen) atoms. The van der Waals surface area contributed by atoms with Crippen LogP contribution >= 0.6 is 0 Å². The van der Waals surface area contributed by atoms with Crippen molar-refractivity contribution in [2.45, 2.75) is 25.8 Å². The van der Waals surface area contributed by atoms with Crippen molar-refractivity contribution in [1.82, 2.24) is 0 Å². The van der Waals surface area contributed by atoms with Gasteiger partial charge in [0, 0.05) is 0 Å². The van der Waals surface area contributed by atoms with Gasteiger partial charge in [0.2, 0.25) is 0 Å². The molecule has 0 saturated carbocycles. The van der Waals surface area contributed by atoms with Gasteiger partial charge in [-0.25, -0.2) is 0 Å². The summed E-state index contributed by atoms with van der Waals surface area (Å²) in [4.78, 5) is 11.5. The average molecular weight is 263 g/mol. The Bertz CT molecular complexity index is 438. The Balaban J connectivity index is 2.93. The Morgan fingerprint density at radius 2 is 1.83 bits per heavy atom. The van der Waals surface area contributed by atoms with Gasteiger partial charge >= 0.3 is 6.36 Å². The molecule has 1 rings (SSSR count). The summed E-state index contributed by atoms with van der Waals surface area (Å²) >= 11 is 0. The predicted octanol–water partition coefficient (Wildman–Crippen LogP) is 2.29. The lowest BCUT2D eigenvalue weighted by Crippen LogP contribution is -2.36. The summed E-state index contributed by atoms with van der Waals surface area (Å²) in [7, 11) is 0. The van der Waals surface area contributed by atoms with Crippen molar-refractivity contribution in [1.29, 1.82) is 0 Å². The van der Waals surface area contributed by atoms with Crippen LogP contribution < -0.4 is 10.1 Å². The van der Waals surface area contributed by atoms with Gasteiger partial charge in [-0.2, -0.15) is 0 Å². The van der Waals surface area contributed by atoms with Crippen LogP contribution in [0.1, 0.15) is 13.8 Å². The summed E-state index contributed by atoms with van der Waals surface area (Å²) in [5.41, 5.74) is -1.87. The molecular formula is C11H12F3NO3. The lowest BCUT2D eigenvalue weighted by Gasteiger charge is -2.18. The second kappa shape index (κ2) is 4.85. The van der Waals surface area contributed by atoms with Gasteiger partial charge in [-0.1, -0.05) is 12.1 Å². The molecule has 0 aliphatic carbocycles. The van der Waals surface area contributed by atoms with Crippen LogP contribution in [-0.4, -0.2) is 23.0 Å². The Hall–Kier alpha value is -1.76. The van der Waals surface area contributed by atoms with E-state index in [0.717, 1.165) is 6.07 Å². The third-order valence-electron chi connectivity index (χ3n) is 1.92. The number of amides is 1. The van der Waals surface area contributed by atoms with Crippen molar-refractivity contribution in [2.24, 2.45) is 0 Å². The maximum Gasteiger partial charge on any atom is 0.573 e. The first-order valence-electron chi connectivity index (χ1n) is 4.98. The van der Waals surface area contributed by atoms with Crippen LogP contribution in [0.15, 0.2) is 24.3 Å². The molecule has 4 nitrogen and oxygen atoms in total. The minimum absolute atomic E-state index is 0.165. The first-order valence-corrected chi connectivity index (χ1v) is 4.98. The van der Waals surface area contributed by atoms with Crippen LogP contribution in [-0.2, 0) is 4.79 Å². The molecule has 0 aliphatic rings. The maximum atomic E-state index is 12.1. The number of hydrogen-bond donors (Lipinski definition) is 2. The highest BCUT2D eigenvalue weighted by Crippen LogP contribution is 2.30. The van der Waals surface area contributed by atoms with E-state index in [0.29, 0.717) is 0 Å². The Morgan fingerprint density at radius 3 is 2.33 bits per heavy atom. The molecule has 1 aromatic rings. The van der Waals surface area contributed by atoms with Crippen molar-refractivity contribution < 1.29 is 27.8 Å². The van der Waals surface area contributed by atoms with Crippen LogP contribution in [0.3, 0.4) is 0 Å². The number of aliphatic hydroxyl groups is 1. The minimum Gasteiger partial charge on any atom is -0.404 e. The highest BCUT2D eigenvalue weighted by atomic mass is 19.4. The molecule has 0 unspecified atom stereocenters. The molecule has 0 heterocycles.